The van der Waals surface area contributed by atoms with E-state index in [4.69, 9.17) is 4.74 Å². The first-order valence-electron chi connectivity index (χ1n) is 3.29. The molecule has 0 aromatic heterocycles. The molecular formula is C6H9NO2. The second-order valence-electron chi connectivity index (χ2n) is 2.45. The maximum absolute atomic E-state index is 10.9. The van der Waals surface area contributed by atoms with Gasteiger partial charge < -0.3 is 9.64 Å². The van der Waals surface area contributed by atoms with E-state index in [-0.39, 0.29) is 12.1 Å². The molecule has 2 fully saturated rings. The van der Waals surface area contributed by atoms with Gasteiger partial charge in [-0.1, -0.05) is 0 Å². The summed E-state index contributed by atoms with van der Waals surface area (Å²) in [5.41, 5.74) is 0. The molecule has 0 N–H and O–H groups in total. The van der Waals surface area contributed by atoms with Crippen LogP contribution >= 0.6 is 0 Å². The van der Waals surface area contributed by atoms with Gasteiger partial charge in [0.1, 0.15) is 6.23 Å². The third kappa shape index (κ3) is 0.645. The number of fused-ring (bicyclic) bond motifs is 1. The molecule has 50 valence electrons. The zero-order valence-corrected chi connectivity index (χ0v) is 5.17. The average molecular weight is 127 g/mol. The predicted molar refractivity (Wildman–Crippen MR) is 30.7 cm³/mol. The van der Waals surface area contributed by atoms with E-state index < -0.39 is 0 Å². The monoisotopic (exact) mass is 127 g/mol. The largest absolute Gasteiger partial charge is 0.356 e. The molecule has 0 spiro atoms. The van der Waals surface area contributed by atoms with Gasteiger partial charge in [-0.05, 0) is 0 Å². The molecule has 0 radical (unpaired) electrons. The summed E-state index contributed by atoms with van der Waals surface area (Å²) in [5, 5.41) is 0. The van der Waals surface area contributed by atoms with Gasteiger partial charge in [-0.3, -0.25) is 4.79 Å². The number of carbonyl (C=O) groups is 1. The molecule has 2 saturated heterocycles. The Morgan fingerprint density at radius 2 is 2.56 bits per heavy atom. The van der Waals surface area contributed by atoms with Gasteiger partial charge in [-0.25, -0.2) is 0 Å². The third-order valence-corrected chi connectivity index (χ3v) is 1.92. The fourth-order valence-electron chi connectivity index (χ4n) is 1.44. The van der Waals surface area contributed by atoms with E-state index in [0.29, 0.717) is 6.42 Å². The van der Waals surface area contributed by atoms with Crippen LogP contribution in [0.15, 0.2) is 0 Å². The van der Waals surface area contributed by atoms with Crippen molar-refractivity contribution in [3.05, 3.63) is 0 Å². The quantitative estimate of drug-likeness (QED) is 0.457. The molecule has 3 heteroatoms. The topological polar surface area (TPSA) is 29.5 Å². The Morgan fingerprint density at radius 3 is 3.33 bits per heavy atom. The first-order chi connectivity index (χ1) is 4.38. The summed E-state index contributed by atoms with van der Waals surface area (Å²) < 4.78 is 5.25. The molecule has 1 unspecified atom stereocenters. The summed E-state index contributed by atoms with van der Waals surface area (Å²) in [6.07, 6.45) is 1.72. The lowest BCUT2D eigenvalue weighted by Crippen LogP contribution is -2.27. The second-order valence-corrected chi connectivity index (χ2v) is 2.45. The molecule has 2 aliphatic heterocycles. The molecule has 0 aromatic carbocycles. The first kappa shape index (κ1) is 5.23. The molecule has 3 nitrogen and oxygen atoms in total. The Morgan fingerprint density at radius 1 is 1.67 bits per heavy atom. The van der Waals surface area contributed by atoms with Crippen LogP contribution in [0.4, 0.5) is 0 Å². The minimum atomic E-state index is 0.137. The van der Waals surface area contributed by atoms with Crippen molar-refractivity contribution in [3.8, 4) is 0 Å². The Bertz CT molecular complexity index is 146. The zero-order valence-electron chi connectivity index (χ0n) is 5.17. The van der Waals surface area contributed by atoms with Crippen molar-refractivity contribution in [2.75, 3.05) is 13.2 Å². The van der Waals surface area contributed by atoms with Crippen molar-refractivity contribution in [3.63, 3.8) is 0 Å². The van der Waals surface area contributed by atoms with Gasteiger partial charge in [0.2, 0.25) is 5.91 Å². The van der Waals surface area contributed by atoms with Crippen LogP contribution in [-0.4, -0.2) is 30.2 Å². The summed E-state index contributed by atoms with van der Waals surface area (Å²) in [7, 11) is 0. The molecule has 0 saturated carbocycles. The summed E-state index contributed by atoms with van der Waals surface area (Å²) in [4.78, 5) is 12.7. The van der Waals surface area contributed by atoms with Crippen LogP contribution in [0, 0.1) is 0 Å². The molecule has 0 aromatic rings. The number of ether oxygens (including phenoxy) is 1. The highest BCUT2D eigenvalue weighted by Gasteiger charge is 2.35. The minimum absolute atomic E-state index is 0.137. The molecule has 2 rings (SSSR count). The standard InChI is InChI=1S/C6H9NO2/c8-5-1-2-6-7(5)3-4-9-6/h6H,1-4H2. The highest BCUT2D eigenvalue weighted by atomic mass is 16.5. The first-order valence-corrected chi connectivity index (χ1v) is 3.29. The second kappa shape index (κ2) is 1.70. The van der Waals surface area contributed by atoms with Gasteiger partial charge in [-0.15, -0.1) is 0 Å². The number of nitrogens with zero attached hydrogens (tertiary/aromatic N) is 1. The van der Waals surface area contributed by atoms with E-state index in [2.05, 4.69) is 0 Å². The van der Waals surface area contributed by atoms with Crippen molar-refractivity contribution in [1.29, 1.82) is 0 Å². The van der Waals surface area contributed by atoms with Crippen molar-refractivity contribution < 1.29 is 9.53 Å². The van der Waals surface area contributed by atoms with Crippen LogP contribution in [0.25, 0.3) is 0 Å². The van der Waals surface area contributed by atoms with Crippen molar-refractivity contribution in [2.45, 2.75) is 19.1 Å². The molecule has 1 amide bonds. The Labute approximate surface area is 53.6 Å². The lowest BCUT2D eigenvalue weighted by Gasteiger charge is -2.11. The Hall–Kier alpha value is -0.570. The normalized spacial score (nSPS) is 33.6. The lowest BCUT2D eigenvalue weighted by molar-refractivity contribution is -0.129. The average Bonchev–Trinajstić information content (AvgIpc) is 2.35. The highest BCUT2D eigenvalue weighted by Crippen LogP contribution is 2.23. The van der Waals surface area contributed by atoms with Gasteiger partial charge in [0.25, 0.3) is 0 Å². The van der Waals surface area contributed by atoms with Gasteiger partial charge >= 0.3 is 0 Å². The van der Waals surface area contributed by atoms with E-state index in [1.54, 1.807) is 0 Å². The number of hydrogen-bond acceptors (Lipinski definition) is 2. The van der Waals surface area contributed by atoms with Crippen molar-refractivity contribution >= 4 is 5.91 Å². The molecule has 0 aliphatic carbocycles. The van der Waals surface area contributed by atoms with Crippen molar-refractivity contribution in [1.82, 2.24) is 4.90 Å². The maximum Gasteiger partial charge on any atom is 0.224 e. The summed E-state index contributed by atoms with van der Waals surface area (Å²) >= 11 is 0. The summed E-state index contributed by atoms with van der Waals surface area (Å²) in [6, 6.07) is 0. The zero-order chi connectivity index (χ0) is 6.27. The fraction of sp³-hybridized carbons (Fsp3) is 0.833. The van der Waals surface area contributed by atoms with E-state index in [0.717, 1.165) is 19.6 Å². The SMILES string of the molecule is O=C1CCC2OCCN12. The lowest BCUT2D eigenvalue weighted by atomic mass is 10.3. The van der Waals surface area contributed by atoms with Crippen LogP contribution in [0.2, 0.25) is 0 Å². The predicted octanol–water partition coefficient (Wildman–Crippen LogP) is -0.0349. The Balaban J connectivity index is 2.15. The molecular weight excluding hydrogens is 118 g/mol. The molecule has 0 bridgehead atoms. The van der Waals surface area contributed by atoms with Crippen LogP contribution < -0.4 is 0 Å². The van der Waals surface area contributed by atoms with Gasteiger partial charge in [-0.2, -0.15) is 0 Å². The van der Waals surface area contributed by atoms with E-state index >= 15 is 0 Å². The van der Waals surface area contributed by atoms with E-state index in [9.17, 15) is 4.79 Å². The van der Waals surface area contributed by atoms with E-state index in [1.807, 2.05) is 4.90 Å². The number of amides is 1. The third-order valence-electron chi connectivity index (χ3n) is 1.92. The fourth-order valence-corrected chi connectivity index (χ4v) is 1.44. The van der Waals surface area contributed by atoms with Crippen LogP contribution in [0.1, 0.15) is 12.8 Å². The van der Waals surface area contributed by atoms with Gasteiger partial charge in [0.05, 0.1) is 6.61 Å². The number of hydrogen-bond donors (Lipinski definition) is 0. The minimum Gasteiger partial charge on any atom is -0.356 e. The number of carbonyl (C=O) groups excluding carboxylic acids is 1. The highest BCUT2D eigenvalue weighted by molar-refractivity contribution is 5.78. The van der Waals surface area contributed by atoms with Crippen LogP contribution in [0.5, 0.6) is 0 Å². The van der Waals surface area contributed by atoms with E-state index in [1.165, 1.54) is 0 Å². The maximum atomic E-state index is 10.9. The van der Waals surface area contributed by atoms with Gasteiger partial charge in [0, 0.05) is 19.4 Å². The molecule has 1 atom stereocenters. The Kier molecular flexibility index (Phi) is 0.990. The summed E-state index contributed by atoms with van der Waals surface area (Å²) in [6.45, 7) is 1.54. The van der Waals surface area contributed by atoms with Gasteiger partial charge in [0.15, 0.2) is 0 Å². The smallest absolute Gasteiger partial charge is 0.224 e. The summed E-state index contributed by atoms with van der Waals surface area (Å²) in [5.74, 6) is 0.262. The molecule has 2 heterocycles. The molecule has 2 aliphatic rings. The van der Waals surface area contributed by atoms with Crippen LogP contribution in [0.3, 0.4) is 0 Å². The number of rotatable bonds is 0. The van der Waals surface area contributed by atoms with Crippen LogP contribution in [-0.2, 0) is 9.53 Å². The van der Waals surface area contributed by atoms with Crippen molar-refractivity contribution in [2.24, 2.45) is 0 Å². The molecule has 9 heavy (non-hydrogen) atoms.